The molecule has 31 heavy (non-hydrogen) atoms. The van der Waals surface area contributed by atoms with Crippen molar-refractivity contribution >= 4 is 17.7 Å². The van der Waals surface area contributed by atoms with Crippen LogP contribution in [-0.2, 0) is 11.0 Å². The summed E-state index contributed by atoms with van der Waals surface area (Å²) in [5, 5.41) is 3.22. The molecule has 2 aliphatic carbocycles. The summed E-state index contributed by atoms with van der Waals surface area (Å²) >= 11 is 0. The predicted molar refractivity (Wildman–Crippen MR) is 113 cm³/mol. The zero-order chi connectivity index (χ0) is 22.0. The van der Waals surface area contributed by atoms with Crippen molar-refractivity contribution in [3.8, 4) is 0 Å². The van der Waals surface area contributed by atoms with Gasteiger partial charge < -0.3 is 15.0 Å². The van der Waals surface area contributed by atoms with Gasteiger partial charge in [0.05, 0.1) is 5.69 Å². The molecule has 1 aromatic carbocycles. The highest BCUT2D eigenvalue weighted by molar-refractivity contribution is 5.65. The number of hydrogen-bond acceptors (Lipinski definition) is 4. The zero-order valence-corrected chi connectivity index (χ0v) is 17.8. The van der Waals surface area contributed by atoms with Crippen molar-refractivity contribution in [1.29, 1.82) is 0 Å². The van der Waals surface area contributed by atoms with E-state index < -0.39 is 17.6 Å². The number of aldehydes is 1. The number of nitrogens with one attached hydrogen (secondary N) is 1. The molecule has 4 rings (SSSR count). The maximum Gasteiger partial charge on any atom is 0.421 e. The van der Waals surface area contributed by atoms with E-state index in [-0.39, 0.29) is 17.6 Å². The van der Waals surface area contributed by atoms with E-state index in [0.717, 1.165) is 50.9 Å². The number of rotatable bonds is 5. The van der Waals surface area contributed by atoms with Crippen molar-refractivity contribution in [1.82, 2.24) is 4.90 Å². The summed E-state index contributed by atoms with van der Waals surface area (Å²) in [5.74, 6) is -1.18. The molecule has 3 fully saturated rings. The molecule has 3 aliphatic rings. The average molecular weight is 442 g/mol. The van der Waals surface area contributed by atoms with Crippen molar-refractivity contribution in [3.63, 3.8) is 0 Å². The largest absolute Gasteiger partial charge is 0.421 e. The van der Waals surface area contributed by atoms with Gasteiger partial charge in [-0.3, -0.25) is 4.90 Å². The Balaban J connectivity index is 1.51. The molecule has 172 valence electrons. The summed E-state index contributed by atoms with van der Waals surface area (Å²) in [4.78, 5) is 15.0. The number of hydrogen-bond donors (Lipinski definition) is 1. The average Bonchev–Trinajstić information content (AvgIpc) is 3.28. The van der Waals surface area contributed by atoms with Crippen molar-refractivity contribution < 1.29 is 22.4 Å². The van der Waals surface area contributed by atoms with Crippen LogP contribution in [-0.4, -0.2) is 49.4 Å². The highest BCUT2D eigenvalue weighted by Crippen LogP contribution is 2.41. The van der Waals surface area contributed by atoms with Crippen molar-refractivity contribution in [2.75, 3.05) is 36.4 Å². The second kappa shape index (κ2) is 9.35. The van der Waals surface area contributed by atoms with Gasteiger partial charge in [-0.2, -0.15) is 13.2 Å². The minimum Gasteiger partial charge on any atom is -0.382 e. The fourth-order valence-electron chi connectivity index (χ4n) is 5.44. The standard InChI is InChI=1S/C23H31F4N3O/c24-20-13-18(28-17-7-5-16(15-31)6-8-17)14-21(22(20)23(25,26)27)30-11-9-29(10-12-30)19-3-1-2-4-19/h13-17,19,28H,1-12H2. The van der Waals surface area contributed by atoms with E-state index in [9.17, 15) is 22.4 Å². The van der Waals surface area contributed by atoms with Gasteiger partial charge in [0, 0.05) is 49.9 Å². The molecular formula is C23H31F4N3O. The summed E-state index contributed by atoms with van der Waals surface area (Å²) < 4.78 is 55.9. The molecule has 0 amide bonds. The first-order valence-corrected chi connectivity index (χ1v) is 11.5. The first-order chi connectivity index (χ1) is 14.8. The minimum atomic E-state index is -4.75. The lowest BCUT2D eigenvalue weighted by Crippen LogP contribution is -2.50. The van der Waals surface area contributed by atoms with Crippen LogP contribution in [0.4, 0.5) is 28.9 Å². The Morgan fingerprint density at radius 2 is 1.58 bits per heavy atom. The number of alkyl halides is 3. The predicted octanol–water partition coefficient (Wildman–Crippen LogP) is 5.08. The summed E-state index contributed by atoms with van der Waals surface area (Å²) in [6.07, 6.45) is 3.99. The van der Waals surface area contributed by atoms with Crippen molar-refractivity contribution in [2.45, 2.75) is 69.6 Å². The third-order valence-corrected chi connectivity index (χ3v) is 7.18. The van der Waals surface area contributed by atoms with Crippen LogP contribution in [0, 0.1) is 11.7 Å². The van der Waals surface area contributed by atoms with Gasteiger partial charge in [-0.25, -0.2) is 4.39 Å². The first kappa shape index (κ1) is 22.4. The SMILES string of the molecule is O=CC1CCC(Nc2cc(F)c(C(F)(F)F)c(N3CCN(C4CCCC4)CC3)c2)CC1. The molecule has 0 aromatic heterocycles. The number of piperazine rings is 1. The number of halogens is 4. The zero-order valence-electron chi connectivity index (χ0n) is 17.8. The molecule has 4 nitrogen and oxygen atoms in total. The smallest absolute Gasteiger partial charge is 0.382 e. The Kier molecular flexibility index (Phi) is 6.74. The van der Waals surface area contributed by atoms with Gasteiger partial charge in [-0.05, 0) is 50.7 Å². The molecule has 1 aromatic rings. The molecular weight excluding hydrogens is 410 g/mol. The minimum absolute atomic E-state index is 0.0411. The molecule has 1 N–H and O–H groups in total. The van der Waals surface area contributed by atoms with Crippen molar-refractivity contribution in [3.05, 3.63) is 23.5 Å². The Bertz CT molecular complexity index is 763. The number of carbonyl (C=O) groups excluding carboxylic acids is 1. The molecule has 0 atom stereocenters. The lowest BCUT2D eigenvalue weighted by Gasteiger charge is -2.40. The van der Waals surface area contributed by atoms with Crippen molar-refractivity contribution in [2.24, 2.45) is 5.92 Å². The van der Waals surface area contributed by atoms with Gasteiger partial charge in [0.1, 0.15) is 17.7 Å². The van der Waals surface area contributed by atoms with E-state index in [0.29, 0.717) is 37.9 Å². The third-order valence-electron chi connectivity index (χ3n) is 7.18. The number of carbonyl (C=O) groups is 1. The summed E-state index contributed by atoms with van der Waals surface area (Å²) in [5.41, 5.74) is -0.854. The van der Waals surface area contributed by atoms with E-state index in [1.165, 1.54) is 18.9 Å². The molecule has 1 saturated heterocycles. The summed E-state index contributed by atoms with van der Waals surface area (Å²) in [7, 11) is 0. The first-order valence-electron chi connectivity index (χ1n) is 11.5. The molecule has 0 radical (unpaired) electrons. The Morgan fingerprint density at radius 3 is 2.16 bits per heavy atom. The molecule has 1 heterocycles. The Hall–Kier alpha value is -1.83. The maximum atomic E-state index is 14.7. The van der Waals surface area contributed by atoms with Crippen LogP contribution in [0.1, 0.15) is 56.9 Å². The normalized spacial score (nSPS) is 26.3. The second-order valence-corrected chi connectivity index (χ2v) is 9.20. The Morgan fingerprint density at radius 1 is 0.935 bits per heavy atom. The molecule has 0 spiro atoms. The fraction of sp³-hybridized carbons (Fsp3) is 0.696. The van der Waals surface area contributed by atoms with Crippen LogP contribution in [0.2, 0.25) is 0 Å². The molecule has 1 aliphatic heterocycles. The molecule has 0 unspecified atom stereocenters. The molecule has 2 saturated carbocycles. The van der Waals surface area contributed by atoms with E-state index in [4.69, 9.17) is 0 Å². The lowest BCUT2D eigenvalue weighted by atomic mass is 9.87. The number of anilines is 2. The van der Waals surface area contributed by atoms with Crippen LogP contribution in [0.25, 0.3) is 0 Å². The van der Waals surface area contributed by atoms with Gasteiger partial charge in [0.2, 0.25) is 0 Å². The fourth-order valence-corrected chi connectivity index (χ4v) is 5.44. The van der Waals surface area contributed by atoms with Gasteiger partial charge in [-0.1, -0.05) is 12.8 Å². The topological polar surface area (TPSA) is 35.6 Å². The Labute approximate surface area is 181 Å². The van der Waals surface area contributed by atoms with Gasteiger partial charge in [-0.15, -0.1) is 0 Å². The van der Waals surface area contributed by atoms with Crippen LogP contribution in [0.5, 0.6) is 0 Å². The van der Waals surface area contributed by atoms with Crippen LogP contribution in [0.15, 0.2) is 12.1 Å². The summed E-state index contributed by atoms with van der Waals surface area (Å²) in [6.45, 7) is 2.34. The van der Waals surface area contributed by atoms with Crippen LogP contribution < -0.4 is 10.2 Å². The van der Waals surface area contributed by atoms with Gasteiger partial charge in [0.25, 0.3) is 0 Å². The van der Waals surface area contributed by atoms with Crippen LogP contribution in [0.3, 0.4) is 0 Å². The van der Waals surface area contributed by atoms with E-state index in [1.807, 2.05) is 0 Å². The third kappa shape index (κ3) is 5.16. The second-order valence-electron chi connectivity index (χ2n) is 9.20. The van der Waals surface area contributed by atoms with E-state index >= 15 is 0 Å². The highest BCUT2D eigenvalue weighted by Gasteiger charge is 2.40. The molecule has 8 heteroatoms. The van der Waals surface area contributed by atoms with Crippen LogP contribution >= 0.6 is 0 Å². The number of benzene rings is 1. The van der Waals surface area contributed by atoms with E-state index in [2.05, 4.69) is 10.2 Å². The monoisotopic (exact) mass is 441 g/mol. The lowest BCUT2D eigenvalue weighted by molar-refractivity contribution is -0.139. The quantitative estimate of drug-likeness (QED) is 0.511. The summed E-state index contributed by atoms with van der Waals surface area (Å²) in [6, 6.07) is 3.01. The van der Waals surface area contributed by atoms with E-state index in [1.54, 1.807) is 4.90 Å². The maximum absolute atomic E-state index is 14.7. The number of nitrogens with zero attached hydrogens (tertiary/aromatic N) is 2. The van der Waals surface area contributed by atoms with Gasteiger partial charge in [0.15, 0.2) is 0 Å². The highest BCUT2D eigenvalue weighted by atomic mass is 19.4. The van der Waals surface area contributed by atoms with Gasteiger partial charge >= 0.3 is 6.18 Å². The molecule has 0 bridgehead atoms.